The van der Waals surface area contributed by atoms with Gasteiger partial charge in [0.05, 0.1) is 10.6 Å². The molecule has 2 aromatic carbocycles. The smallest absolute Gasteiger partial charge is 0.269 e. The van der Waals surface area contributed by atoms with E-state index in [1.807, 2.05) is 12.1 Å². The summed E-state index contributed by atoms with van der Waals surface area (Å²) in [5.74, 6) is 0. The van der Waals surface area contributed by atoms with Crippen molar-refractivity contribution in [3.05, 3.63) is 69.6 Å². The molecule has 0 N–H and O–H groups in total. The lowest BCUT2D eigenvalue weighted by Gasteiger charge is -2.45. The van der Waals surface area contributed by atoms with Crippen LogP contribution in [0, 0.1) is 17.0 Å². The molecule has 0 bridgehead atoms. The lowest BCUT2D eigenvalue weighted by molar-refractivity contribution is -0.384. The molecule has 7 heteroatoms. The Labute approximate surface area is 177 Å². The molecule has 0 amide bonds. The fourth-order valence-electron chi connectivity index (χ4n) is 2.96. The second-order valence-corrected chi connectivity index (χ2v) is 14.7. The average molecular weight is 426 g/mol. The molecule has 0 radical (unpaired) electrons. The van der Waals surface area contributed by atoms with Crippen molar-refractivity contribution in [2.75, 3.05) is 4.57 Å². The molecule has 29 heavy (non-hydrogen) atoms. The molecule has 152 valence electrons. The van der Waals surface area contributed by atoms with E-state index in [-0.39, 0.29) is 15.6 Å². The number of nitrogens with zero attached hydrogens (tertiary/aromatic N) is 3. The van der Waals surface area contributed by atoms with E-state index in [4.69, 9.17) is 4.98 Å². The van der Waals surface area contributed by atoms with Crippen LogP contribution in [0.4, 0.5) is 16.5 Å². The van der Waals surface area contributed by atoms with E-state index in [0.29, 0.717) is 0 Å². The zero-order chi connectivity index (χ0) is 21.4. The van der Waals surface area contributed by atoms with Gasteiger partial charge < -0.3 is 4.57 Å². The van der Waals surface area contributed by atoms with E-state index < -0.39 is 8.24 Å². The molecule has 0 saturated carbocycles. The maximum Gasteiger partial charge on any atom is 0.269 e. The first kappa shape index (κ1) is 21.2. The van der Waals surface area contributed by atoms with Crippen molar-refractivity contribution in [3.63, 3.8) is 0 Å². The highest BCUT2D eigenvalue weighted by molar-refractivity contribution is 7.15. The lowest BCUT2D eigenvalue weighted by atomic mass is 10.1. The second-order valence-electron chi connectivity index (χ2n) is 8.80. The van der Waals surface area contributed by atoms with Crippen LogP contribution in [0.1, 0.15) is 26.3 Å². The van der Waals surface area contributed by atoms with Crippen LogP contribution in [0.15, 0.2) is 53.9 Å². The van der Waals surface area contributed by atoms with E-state index in [1.165, 1.54) is 5.56 Å². The van der Waals surface area contributed by atoms with E-state index in [9.17, 15) is 10.1 Å². The number of nitro benzene ring substituents is 1. The van der Waals surface area contributed by atoms with Gasteiger partial charge in [0.1, 0.15) is 0 Å². The number of rotatable bonds is 5. The Morgan fingerprint density at radius 3 is 2.14 bits per heavy atom. The highest BCUT2D eigenvalue weighted by atomic mass is 32.1. The Balaban J connectivity index is 2.09. The van der Waals surface area contributed by atoms with Crippen molar-refractivity contribution in [1.82, 2.24) is 4.98 Å². The van der Waals surface area contributed by atoms with Crippen molar-refractivity contribution >= 4 is 36.1 Å². The molecule has 0 atom stereocenters. The third-order valence-corrected chi connectivity index (χ3v) is 12.0. The molecular weight excluding hydrogens is 398 g/mol. The highest BCUT2D eigenvalue weighted by Crippen LogP contribution is 2.46. The molecule has 0 unspecified atom stereocenters. The molecule has 0 aliphatic rings. The van der Waals surface area contributed by atoms with Crippen LogP contribution in [0.5, 0.6) is 0 Å². The van der Waals surface area contributed by atoms with Gasteiger partial charge in [-0.3, -0.25) is 10.1 Å². The van der Waals surface area contributed by atoms with Crippen molar-refractivity contribution in [1.29, 1.82) is 0 Å². The quantitative estimate of drug-likeness (QED) is 0.247. The van der Waals surface area contributed by atoms with Gasteiger partial charge in [0, 0.05) is 28.8 Å². The van der Waals surface area contributed by atoms with Crippen molar-refractivity contribution in [3.8, 4) is 11.3 Å². The number of nitro groups is 1. The van der Waals surface area contributed by atoms with Crippen LogP contribution in [0.3, 0.4) is 0 Å². The number of hydrogen-bond acceptors (Lipinski definition) is 5. The van der Waals surface area contributed by atoms with Gasteiger partial charge >= 0.3 is 0 Å². The van der Waals surface area contributed by atoms with E-state index >= 15 is 0 Å². The average Bonchev–Trinajstić information content (AvgIpc) is 3.11. The molecule has 0 aliphatic heterocycles. The number of aromatic nitrogens is 1. The molecule has 0 spiro atoms. The van der Waals surface area contributed by atoms with E-state index in [1.54, 1.807) is 23.5 Å². The van der Waals surface area contributed by atoms with Crippen LogP contribution >= 0.6 is 11.3 Å². The van der Waals surface area contributed by atoms with Gasteiger partial charge in [-0.15, -0.1) is 11.3 Å². The Hall–Kier alpha value is -2.51. The largest absolute Gasteiger partial charge is 0.345 e. The summed E-state index contributed by atoms with van der Waals surface area (Å²) in [5.41, 5.74) is 4.32. The maximum atomic E-state index is 11.1. The minimum Gasteiger partial charge on any atom is -0.345 e. The first-order valence-corrected chi connectivity index (χ1v) is 13.4. The van der Waals surface area contributed by atoms with Gasteiger partial charge in [-0.2, -0.15) is 0 Å². The predicted octanol–water partition coefficient (Wildman–Crippen LogP) is 7.17. The Morgan fingerprint density at radius 1 is 1.03 bits per heavy atom. The number of aryl methyl sites for hydroxylation is 1. The number of non-ortho nitro benzene ring substituents is 1. The van der Waals surface area contributed by atoms with Crippen LogP contribution in [-0.4, -0.2) is 18.1 Å². The number of hydrogen-bond donors (Lipinski definition) is 0. The van der Waals surface area contributed by atoms with Crippen molar-refractivity contribution in [2.24, 2.45) is 0 Å². The molecule has 3 rings (SSSR count). The summed E-state index contributed by atoms with van der Waals surface area (Å²) in [5, 5.41) is 14.2. The monoisotopic (exact) mass is 425 g/mol. The summed E-state index contributed by atoms with van der Waals surface area (Å²) in [6, 6.07) is 15.2. The van der Waals surface area contributed by atoms with Crippen LogP contribution < -0.4 is 4.57 Å². The highest BCUT2D eigenvalue weighted by Gasteiger charge is 2.43. The van der Waals surface area contributed by atoms with Gasteiger partial charge in [-0.05, 0) is 24.1 Å². The fraction of sp³-hybridized carbons (Fsp3) is 0.318. The summed E-state index contributed by atoms with van der Waals surface area (Å²) >= 11 is 1.62. The number of benzene rings is 2. The Kier molecular flexibility index (Phi) is 5.65. The first-order valence-electron chi connectivity index (χ1n) is 9.58. The molecule has 3 aromatic rings. The number of thiazole rings is 1. The minimum atomic E-state index is -2.05. The summed E-state index contributed by atoms with van der Waals surface area (Å²) in [6.07, 6.45) is 0. The molecule has 0 aliphatic carbocycles. The lowest BCUT2D eigenvalue weighted by Crippen LogP contribution is -2.52. The van der Waals surface area contributed by atoms with Crippen LogP contribution in [0.2, 0.25) is 18.1 Å². The molecule has 1 aromatic heterocycles. The topological polar surface area (TPSA) is 59.3 Å². The fourth-order valence-corrected chi connectivity index (χ4v) is 6.56. The maximum absolute atomic E-state index is 11.1. The summed E-state index contributed by atoms with van der Waals surface area (Å²) in [7, 11) is -2.05. The third kappa shape index (κ3) is 4.25. The Morgan fingerprint density at radius 2 is 1.62 bits per heavy atom. The van der Waals surface area contributed by atoms with Gasteiger partial charge in [0.25, 0.3) is 5.69 Å². The van der Waals surface area contributed by atoms with Crippen molar-refractivity contribution < 1.29 is 4.92 Å². The van der Waals surface area contributed by atoms with Crippen molar-refractivity contribution in [2.45, 2.75) is 45.8 Å². The zero-order valence-electron chi connectivity index (χ0n) is 17.8. The molecule has 5 nitrogen and oxygen atoms in total. The van der Waals surface area contributed by atoms with Gasteiger partial charge in [0.2, 0.25) is 0 Å². The molecule has 1 heterocycles. The summed E-state index contributed by atoms with van der Waals surface area (Å²) in [4.78, 5) is 15.7. The molecule has 0 saturated heterocycles. The summed E-state index contributed by atoms with van der Waals surface area (Å²) in [6.45, 7) is 13.5. The van der Waals surface area contributed by atoms with Crippen LogP contribution in [-0.2, 0) is 0 Å². The molecular formula is C22H27N3O2SSi. The standard InChI is InChI=1S/C22H27N3O2SSi/c1-16-7-9-17(10-8-16)20-15-28-21(23-20)24(29(5,6)22(2,3)4)18-11-13-19(14-12-18)25(26)27/h7-15H,1-6H3. The minimum absolute atomic E-state index is 0.0739. The summed E-state index contributed by atoms with van der Waals surface area (Å²) < 4.78 is 2.33. The molecule has 0 fully saturated rings. The first-order chi connectivity index (χ1) is 13.5. The normalized spacial score (nSPS) is 12.1. The predicted molar refractivity (Wildman–Crippen MR) is 125 cm³/mol. The SMILES string of the molecule is Cc1ccc(-c2csc(N(c3ccc([N+](=O)[O-])cc3)[Si](C)(C)C(C)(C)C)n2)cc1. The zero-order valence-corrected chi connectivity index (χ0v) is 19.6. The number of anilines is 2. The van der Waals surface area contributed by atoms with Gasteiger partial charge in [-0.1, -0.05) is 63.7 Å². The van der Waals surface area contributed by atoms with Crippen LogP contribution in [0.25, 0.3) is 11.3 Å². The van der Waals surface area contributed by atoms with Gasteiger partial charge in [-0.25, -0.2) is 4.98 Å². The third-order valence-electron chi connectivity index (χ3n) is 5.74. The second kappa shape index (κ2) is 7.72. The Bertz CT molecular complexity index is 1010. The van der Waals surface area contributed by atoms with E-state index in [2.05, 4.69) is 75.0 Å². The van der Waals surface area contributed by atoms with Gasteiger partial charge in [0.15, 0.2) is 13.4 Å². The van der Waals surface area contributed by atoms with E-state index in [0.717, 1.165) is 22.1 Å².